The predicted octanol–water partition coefficient (Wildman–Crippen LogP) is 5.91. The Labute approximate surface area is 210 Å². The number of carboxylic acids is 1. The standard InChI is InChI=1S/C23H25BrCl2N2O5/c1-11(2)20(23(31)32)28-19(29)9-13-7-16(25)21(17(26)8-13)33-14-5-6-18(15(24)10-14)27-22(30)12(3)4/h5-8,10-12,20H,9H2,1-4H3,(H,27,30)(H,28,29)(H,31,32)/t20-/m0/s1. The minimum absolute atomic E-state index is 0.0913. The minimum Gasteiger partial charge on any atom is -0.480 e. The second kappa shape index (κ2) is 11.7. The molecule has 0 aliphatic rings. The van der Waals surface area contributed by atoms with E-state index in [1.54, 1.807) is 58.0 Å². The van der Waals surface area contributed by atoms with Gasteiger partial charge in [-0.2, -0.15) is 0 Å². The second-order valence-corrected chi connectivity index (χ2v) is 9.75. The number of carbonyl (C=O) groups is 3. The van der Waals surface area contributed by atoms with E-state index in [9.17, 15) is 19.5 Å². The molecule has 0 saturated heterocycles. The van der Waals surface area contributed by atoms with Crippen LogP contribution in [-0.4, -0.2) is 28.9 Å². The monoisotopic (exact) mass is 558 g/mol. The number of anilines is 1. The third-order valence-electron chi connectivity index (χ3n) is 4.61. The number of carbonyl (C=O) groups excluding carboxylic acids is 2. The van der Waals surface area contributed by atoms with Gasteiger partial charge in [0.1, 0.15) is 11.8 Å². The highest BCUT2D eigenvalue weighted by Crippen LogP contribution is 2.39. The van der Waals surface area contributed by atoms with Gasteiger partial charge < -0.3 is 20.5 Å². The molecule has 2 amide bonds. The van der Waals surface area contributed by atoms with E-state index in [4.69, 9.17) is 27.9 Å². The summed E-state index contributed by atoms with van der Waals surface area (Å²) in [5.41, 5.74) is 1.11. The summed E-state index contributed by atoms with van der Waals surface area (Å²) in [7, 11) is 0. The van der Waals surface area contributed by atoms with Crippen molar-refractivity contribution in [1.29, 1.82) is 0 Å². The van der Waals surface area contributed by atoms with Crippen LogP contribution >= 0.6 is 39.1 Å². The van der Waals surface area contributed by atoms with Crippen LogP contribution in [-0.2, 0) is 20.8 Å². The van der Waals surface area contributed by atoms with Gasteiger partial charge in [-0.15, -0.1) is 0 Å². The van der Waals surface area contributed by atoms with Crippen molar-refractivity contribution >= 4 is 62.6 Å². The normalized spacial score (nSPS) is 11.9. The highest BCUT2D eigenvalue weighted by molar-refractivity contribution is 9.10. The van der Waals surface area contributed by atoms with E-state index in [1.807, 2.05) is 0 Å². The molecule has 1 atom stereocenters. The molecule has 0 saturated carbocycles. The van der Waals surface area contributed by atoms with Gasteiger partial charge in [0, 0.05) is 10.4 Å². The summed E-state index contributed by atoms with van der Waals surface area (Å²) >= 11 is 16.1. The summed E-state index contributed by atoms with van der Waals surface area (Å²) in [5, 5.41) is 14.9. The van der Waals surface area contributed by atoms with Gasteiger partial charge in [0.15, 0.2) is 5.75 Å². The van der Waals surface area contributed by atoms with Gasteiger partial charge in [-0.05, 0) is 57.7 Å². The number of carboxylic acid groups (broad SMARTS) is 1. The Hall–Kier alpha value is -2.29. The maximum atomic E-state index is 12.3. The van der Waals surface area contributed by atoms with E-state index in [-0.39, 0.29) is 40.0 Å². The van der Waals surface area contributed by atoms with Crippen LogP contribution in [0.25, 0.3) is 0 Å². The fourth-order valence-electron chi connectivity index (χ4n) is 2.79. The van der Waals surface area contributed by atoms with Crippen LogP contribution in [0.1, 0.15) is 33.3 Å². The molecule has 3 N–H and O–H groups in total. The van der Waals surface area contributed by atoms with Gasteiger partial charge in [0.2, 0.25) is 11.8 Å². The maximum absolute atomic E-state index is 12.3. The first kappa shape index (κ1) is 27.0. The van der Waals surface area contributed by atoms with Crippen LogP contribution in [0.2, 0.25) is 10.0 Å². The fourth-order valence-corrected chi connectivity index (χ4v) is 3.86. The van der Waals surface area contributed by atoms with Crippen LogP contribution in [0, 0.1) is 11.8 Å². The Kier molecular flexibility index (Phi) is 9.57. The average molecular weight is 560 g/mol. The SMILES string of the molecule is CC(C)C(=O)Nc1ccc(Oc2c(Cl)cc(CC(=O)N[C@H](C(=O)O)C(C)C)cc2Cl)cc1Br. The van der Waals surface area contributed by atoms with E-state index >= 15 is 0 Å². The minimum atomic E-state index is -1.10. The average Bonchev–Trinajstić information content (AvgIpc) is 2.70. The Bertz CT molecular complexity index is 1040. The molecule has 0 bridgehead atoms. The molecule has 2 aromatic rings. The van der Waals surface area contributed by atoms with E-state index < -0.39 is 17.9 Å². The fraction of sp³-hybridized carbons (Fsp3) is 0.348. The molecule has 33 heavy (non-hydrogen) atoms. The summed E-state index contributed by atoms with van der Waals surface area (Å²) in [5.74, 6) is -1.46. The molecule has 0 aliphatic heterocycles. The predicted molar refractivity (Wildman–Crippen MR) is 132 cm³/mol. The van der Waals surface area contributed by atoms with Crippen LogP contribution in [0.3, 0.4) is 0 Å². The third-order valence-corrected chi connectivity index (χ3v) is 5.83. The van der Waals surface area contributed by atoms with E-state index in [0.717, 1.165) is 0 Å². The lowest BCUT2D eigenvalue weighted by Gasteiger charge is -2.18. The molecule has 2 aromatic carbocycles. The van der Waals surface area contributed by atoms with Crippen LogP contribution in [0.5, 0.6) is 11.5 Å². The first-order chi connectivity index (χ1) is 15.4. The van der Waals surface area contributed by atoms with Crippen molar-refractivity contribution in [2.24, 2.45) is 11.8 Å². The topological polar surface area (TPSA) is 105 Å². The summed E-state index contributed by atoms with van der Waals surface area (Å²) in [6.07, 6.45) is -0.0913. The Morgan fingerprint density at radius 3 is 2.15 bits per heavy atom. The van der Waals surface area contributed by atoms with E-state index in [2.05, 4.69) is 26.6 Å². The Morgan fingerprint density at radius 2 is 1.67 bits per heavy atom. The number of nitrogens with one attached hydrogen (secondary N) is 2. The molecule has 0 radical (unpaired) electrons. The lowest BCUT2D eigenvalue weighted by atomic mass is 10.0. The molecule has 0 aromatic heterocycles. The lowest BCUT2D eigenvalue weighted by Crippen LogP contribution is -2.44. The molecule has 7 nitrogen and oxygen atoms in total. The molecule has 0 spiro atoms. The zero-order valence-corrected chi connectivity index (χ0v) is 21.6. The van der Waals surface area contributed by atoms with Crippen molar-refractivity contribution in [1.82, 2.24) is 5.32 Å². The molecule has 178 valence electrons. The molecule has 0 unspecified atom stereocenters. The number of halogens is 3. The number of aliphatic carboxylic acids is 1. The highest BCUT2D eigenvalue weighted by Gasteiger charge is 2.24. The number of amides is 2. The van der Waals surface area contributed by atoms with Gasteiger partial charge in [0.25, 0.3) is 0 Å². The van der Waals surface area contributed by atoms with E-state index in [0.29, 0.717) is 21.5 Å². The maximum Gasteiger partial charge on any atom is 0.326 e. The molecule has 0 aliphatic carbocycles. The summed E-state index contributed by atoms with van der Waals surface area (Å²) in [4.78, 5) is 35.5. The molecule has 2 rings (SSSR count). The molecule has 0 heterocycles. The van der Waals surface area contributed by atoms with Gasteiger partial charge in [-0.3, -0.25) is 9.59 Å². The molecular formula is C23H25BrCl2N2O5. The molecular weight excluding hydrogens is 535 g/mol. The Balaban J connectivity index is 2.14. The van der Waals surface area contributed by atoms with Crippen molar-refractivity contribution in [3.05, 3.63) is 50.4 Å². The quantitative estimate of drug-likeness (QED) is 0.354. The van der Waals surface area contributed by atoms with Gasteiger partial charge in [-0.1, -0.05) is 50.9 Å². The second-order valence-electron chi connectivity index (χ2n) is 8.08. The zero-order chi connectivity index (χ0) is 24.9. The lowest BCUT2D eigenvalue weighted by molar-refractivity contribution is -0.143. The number of ether oxygens (including phenoxy) is 1. The summed E-state index contributed by atoms with van der Waals surface area (Å²) < 4.78 is 6.45. The molecule has 0 fully saturated rings. The number of hydrogen-bond donors (Lipinski definition) is 3. The van der Waals surface area contributed by atoms with Crippen LogP contribution in [0.15, 0.2) is 34.8 Å². The van der Waals surface area contributed by atoms with E-state index in [1.165, 1.54) is 0 Å². The molecule has 10 heteroatoms. The largest absolute Gasteiger partial charge is 0.480 e. The Morgan fingerprint density at radius 1 is 1.06 bits per heavy atom. The van der Waals surface area contributed by atoms with Crippen molar-refractivity contribution in [2.45, 2.75) is 40.2 Å². The van der Waals surface area contributed by atoms with Gasteiger partial charge in [-0.25, -0.2) is 4.79 Å². The van der Waals surface area contributed by atoms with Crippen LogP contribution < -0.4 is 15.4 Å². The van der Waals surface area contributed by atoms with Crippen molar-refractivity contribution in [3.63, 3.8) is 0 Å². The smallest absolute Gasteiger partial charge is 0.326 e. The van der Waals surface area contributed by atoms with Gasteiger partial charge in [0.05, 0.1) is 22.2 Å². The zero-order valence-electron chi connectivity index (χ0n) is 18.5. The van der Waals surface area contributed by atoms with Crippen molar-refractivity contribution in [2.75, 3.05) is 5.32 Å². The van der Waals surface area contributed by atoms with Crippen molar-refractivity contribution < 1.29 is 24.2 Å². The number of benzene rings is 2. The third kappa shape index (κ3) is 7.62. The summed E-state index contributed by atoms with van der Waals surface area (Å²) in [6, 6.07) is 7.11. The van der Waals surface area contributed by atoms with Gasteiger partial charge >= 0.3 is 5.97 Å². The first-order valence-electron chi connectivity index (χ1n) is 10.2. The van der Waals surface area contributed by atoms with Crippen LogP contribution in [0.4, 0.5) is 5.69 Å². The first-order valence-corrected chi connectivity index (χ1v) is 11.7. The highest BCUT2D eigenvalue weighted by atomic mass is 79.9. The number of hydrogen-bond acceptors (Lipinski definition) is 4. The van der Waals surface area contributed by atoms with Crippen molar-refractivity contribution in [3.8, 4) is 11.5 Å². The summed E-state index contributed by atoms with van der Waals surface area (Å²) in [6.45, 7) is 7.02. The number of rotatable bonds is 9.